The molecule has 0 aromatic carbocycles. The third-order valence-corrected chi connectivity index (χ3v) is 4.25. The number of hydrogen-bond donors (Lipinski definition) is 4. The predicted molar refractivity (Wildman–Crippen MR) is 79.6 cm³/mol. The van der Waals surface area contributed by atoms with Crippen molar-refractivity contribution < 1.29 is 32.7 Å². The maximum Gasteiger partial charge on any atom is 0.582 e. The van der Waals surface area contributed by atoms with Crippen molar-refractivity contribution in [2.75, 3.05) is 13.2 Å². The number of phosphoric acid groups is 1. The van der Waals surface area contributed by atoms with Gasteiger partial charge >= 0.3 is 20.7 Å². The lowest BCUT2D eigenvalue weighted by molar-refractivity contribution is 0.0142. The van der Waals surface area contributed by atoms with Gasteiger partial charge in [0.05, 0.1) is 19.3 Å². The van der Waals surface area contributed by atoms with Gasteiger partial charge in [0.25, 0.3) is 5.56 Å². The van der Waals surface area contributed by atoms with E-state index in [0.29, 0.717) is 0 Å². The van der Waals surface area contributed by atoms with Gasteiger partial charge in [0.2, 0.25) is 0 Å². The van der Waals surface area contributed by atoms with E-state index in [4.69, 9.17) is 19.0 Å². The van der Waals surface area contributed by atoms with E-state index in [9.17, 15) is 18.7 Å². The number of thiol groups is 1. The van der Waals surface area contributed by atoms with Crippen molar-refractivity contribution in [3.63, 3.8) is 0 Å². The summed E-state index contributed by atoms with van der Waals surface area (Å²) in [5.74, 6) is 0. The third kappa shape index (κ3) is 5.07. The van der Waals surface area contributed by atoms with Crippen molar-refractivity contribution in [3.05, 3.63) is 33.1 Å². The molecule has 1 aromatic rings. The number of aromatic nitrogens is 2. The molecule has 0 saturated carbocycles. The van der Waals surface area contributed by atoms with Crippen LogP contribution in [0.5, 0.6) is 0 Å². The molecule has 1 aliphatic rings. The fraction of sp³-hybridized carbons (Fsp3) is 0.556. The summed E-state index contributed by atoms with van der Waals surface area (Å²) in [7, 11) is -7.11. The molecule has 0 bridgehead atoms. The predicted octanol–water partition coefficient (Wildman–Crippen LogP) is -0.442. The largest absolute Gasteiger partial charge is 0.582 e. The standard InChI is InChI=1S/C9H12N2O9P2S/c12-7-1-2-11(9(13)10-7)5-3-18-6(4-19-22(15,16)17)8(5)20-21(14)23/h1-2,5-6,8H,3-4H2,(H3-,10,12,13,14,15,16,17,23)/p+1/t5-,6?,8?/m1/s1. The lowest BCUT2D eigenvalue weighted by Gasteiger charge is -2.19. The lowest BCUT2D eigenvalue weighted by Crippen LogP contribution is -2.39. The van der Waals surface area contributed by atoms with Gasteiger partial charge in [-0.1, -0.05) is 0 Å². The molecule has 23 heavy (non-hydrogen) atoms. The van der Waals surface area contributed by atoms with Crippen LogP contribution in [0.2, 0.25) is 0 Å². The van der Waals surface area contributed by atoms with Gasteiger partial charge in [-0.3, -0.25) is 18.9 Å². The van der Waals surface area contributed by atoms with Gasteiger partial charge < -0.3 is 14.5 Å². The number of hydrogen-bond acceptors (Lipinski definition) is 7. The summed E-state index contributed by atoms with van der Waals surface area (Å²) in [5.41, 5.74) is -1.32. The third-order valence-electron chi connectivity index (χ3n) is 3.05. The van der Waals surface area contributed by atoms with Crippen LogP contribution in [0.25, 0.3) is 0 Å². The summed E-state index contributed by atoms with van der Waals surface area (Å²) in [5, 5.41) is 0. The molecule has 0 spiro atoms. The highest BCUT2D eigenvalue weighted by atomic mass is 32.7. The van der Waals surface area contributed by atoms with Crippen LogP contribution in [-0.2, 0) is 22.9 Å². The van der Waals surface area contributed by atoms with Crippen LogP contribution >= 0.6 is 27.3 Å². The van der Waals surface area contributed by atoms with Crippen LogP contribution in [0.1, 0.15) is 6.04 Å². The van der Waals surface area contributed by atoms with E-state index in [1.54, 1.807) is 0 Å². The molecule has 1 aromatic heterocycles. The summed E-state index contributed by atoms with van der Waals surface area (Å²) >= 11 is 3.63. The van der Waals surface area contributed by atoms with Gasteiger partial charge in [0.15, 0.2) is 6.10 Å². The molecular formula is C9H13N2O9P2S+. The molecule has 0 aliphatic carbocycles. The van der Waals surface area contributed by atoms with Crippen LogP contribution < -0.4 is 11.2 Å². The second-order valence-corrected chi connectivity index (χ2v) is 7.46. The molecule has 1 fully saturated rings. The van der Waals surface area contributed by atoms with Gasteiger partial charge in [0.1, 0.15) is 18.4 Å². The van der Waals surface area contributed by atoms with E-state index in [1.165, 1.54) is 6.20 Å². The first-order chi connectivity index (χ1) is 10.7. The average Bonchev–Trinajstić information content (AvgIpc) is 2.78. The minimum absolute atomic E-state index is 0.0806. The van der Waals surface area contributed by atoms with Crippen LogP contribution in [0.4, 0.5) is 0 Å². The minimum atomic E-state index is -4.73. The maximum absolute atomic E-state index is 11.8. The Labute approximate surface area is 134 Å². The summed E-state index contributed by atoms with van der Waals surface area (Å²) in [6.07, 6.45) is -0.799. The number of ether oxygens (including phenoxy) is 1. The van der Waals surface area contributed by atoms with Crippen molar-refractivity contribution in [3.8, 4) is 0 Å². The molecule has 128 valence electrons. The smallest absolute Gasteiger partial charge is 0.371 e. The number of rotatable bonds is 6. The molecular weight excluding hydrogens is 374 g/mol. The zero-order valence-electron chi connectivity index (χ0n) is 11.3. The average molecular weight is 387 g/mol. The van der Waals surface area contributed by atoms with E-state index in [1.807, 2.05) is 0 Å². The van der Waals surface area contributed by atoms with Crippen LogP contribution in [0, 0.1) is 0 Å². The number of nitrogens with zero attached hydrogens (tertiary/aromatic N) is 1. The van der Waals surface area contributed by atoms with Gasteiger partial charge in [0, 0.05) is 12.3 Å². The molecule has 1 aliphatic heterocycles. The highest BCUT2D eigenvalue weighted by molar-refractivity contribution is 8.39. The van der Waals surface area contributed by atoms with Gasteiger partial charge in [-0.25, -0.2) is 9.36 Å². The SMILES string of the molecule is O=c1ccn([C@@H]2COC(COP(=O)(O)O)C2O[P+](=O)S)c(=O)[nH]1. The summed E-state index contributed by atoms with van der Waals surface area (Å²) in [6.45, 7) is -0.622. The molecule has 3 unspecified atom stereocenters. The zero-order valence-corrected chi connectivity index (χ0v) is 14.0. The van der Waals surface area contributed by atoms with Crippen molar-refractivity contribution in [2.24, 2.45) is 0 Å². The van der Waals surface area contributed by atoms with Crippen molar-refractivity contribution in [1.29, 1.82) is 0 Å². The fourth-order valence-electron chi connectivity index (χ4n) is 2.14. The van der Waals surface area contributed by atoms with Crippen LogP contribution in [0.3, 0.4) is 0 Å². The van der Waals surface area contributed by atoms with E-state index in [-0.39, 0.29) is 6.61 Å². The Kier molecular flexibility index (Phi) is 5.93. The van der Waals surface area contributed by atoms with Gasteiger partial charge in [-0.05, 0) is 4.57 Å². The van der Waals surface area contributed by atoms with Crippen molar-refractivity contribution >= 4 is 27.3 Å². The molecule has 3 N–H and O–H groups in total. The highest BCUT2D eigenvalue weighted by Crippen LogP contribution is 2.41. The van der Waals surface area contributed by atoms with Crippen molar-refractivity contribution in [1.82, 2.24) is 9.55 Å². The molecule has 11 nitrogen and oxygen atoms in total. The Bertz CT molecular complexity index is 743. The van der Waals surface area contributed by atoms with Crippen molar-refractivity contribution in [2.45, 2.75) is 18.2 Å². The summed E-state index contributed by atoms with van der Waals surface area (Å²) < 4.78 is 37.9. The molecule has 2 heterocycles. The van der Waals surface area contributed by atoms with E-state index >= 15 is 0 Å². The molecule has 4 atom stereocenters. The summed E-state index contributed by atoms with van der Waals surface area (Å²) in [4.78, 5) is 42.4. The number of phosphoric ester groups is 1. The monoisotopic (exact) mass is 387 g/mol. The lowest BCUT2D eigenvalue weighted by atomic mass is 10.1. The molecule has 0 radical (unpaired) electrons. The van der Waals surface area contributed by atoms with Gasteiger partial charge in [-0.15, -0.1) is 4.52 Å². The van der Waals surface area contributed by atoms with Crippen LogP contribution in [0.15, 0.2) is 21.9 Å². The number of aromatic amines is 1. The summed E-state index contributed by atoms with van der Waals surface area (Å²) in [6, 6.07) is 0.328. The number of nitrogens with one attached hydrogen (secondary N) is 1. The first-order valence-electron chi connectivity index (χ1n) is 6.13. The second-order valence-electron chi connectivity index (χ2n) is 4.55. The maximum atomic E-state index is 11.8. The van der Waals surface area contributed by atoms with Gasteiger partial charge in [-0.2, -0.15) is 0 Å². The van der Waals surface area contributed by atoms with E-state index in [2.05, 4.69) is 21.8 Å². The highest BCUT2D eigenvalue weighted by Gasteiger charge is 2.45. The quantitative estimate of drug-likeness (QED) is 0.375. The first-order valence-corrected chi connectivity index (χ1v) is 9.99. The molecule has 0 amide bonds. The Morgan fingerprint density at radius 3 is 2.78 bits per heavy atom. The Morgan fingerprint density at radius 2 is 2.22 bits per heavy atom. The molecule has 14 heteroatoms. The Hall–Kier alpha value is -0.840. The van der Waals surface area contributed by atoms with E-state index in [0.717, 1.165) is 10.6 Å². The minimum Gasteiger partial charge on any atom is -0.371 e. The van der Waals surface area contributed by atoms with Crippen LogP contribution in [-0.4, -0.2) is 44.8 Å². The zero-order chi connectivity index (χ0) is 17.2. The normalized spacial score (nSPS) is 25.5. The second kappa shape index (κ2) is 7.37. The first kappa shape index (κ1) is 18.5. The molecule has 1 saturated heterocycles. The Balaban J connectivity index is 2.25. The number of H-pyrrole nitrogens is 1. The Morgan fingerprint density at radius 1 is 1.52 bits per heavy atom. The van der Waals surface area contributed by atoms with E-state index < -0.39 is 51.2 Å². The topological polar surface area (TPSA) is 157 Å². The molecule has 2 rings (SSSR count). The fourth-order valence-corrected chi connectivity index (χ4v) is 3.29.